The Morgan fingerprint density at radius 1 is 0.886 bits per heavy atom. The minimum absolute atomic E-state index is 0.119. The fraction of sp³-hybridized carbons (Fsp3) is 0.0800. The average Bonchev–Trinajstić information content (AvgIpc) is 3.17. The van der Waals surface area contributed by atoms with Crippen LogP contribution >= 0.6 is 39.1 Å². The molecule has 7 nitrogen and oxygen atoms in total. The van der Waals surface area contributed by atoms with Crippen molar-refractivity contribution < 1.29 is 14.4 Å². The van der Waals surface area contributed by atoms with Gasteiger partial charge in [-0.1, -0.05) is 41.4 Å². The molecule has 3 aromatic carbocycles. The van der Waals surface area contributed by atoms with E-state index in [1.54, 1.807) is 54.6 Å². The molecule has 4 rings (SSSR count). The molecule has 0 spiro atoms. The zero-order chi connectivity index (χ0) is 25.1. The fourth-order valence-electron chi connectivity index (χ4n) is 3.40. The van der Waals surface area contributed by atoms with Crippen LogP contribution in [0.25, 0.3) is 10.9 Å². The predicted octanol–water partition coefficient (Wildman–Crippen LogP) is 5.66. The number of amides is 3. The average molecular weight is 574 g/mol. The van der Waals surface area contributed by atoms with E-state index >= 15 is 0 Å². The highest BCUT2D eigenvalue weighted by Crippen LogP contribution is 2.26. The number of anilines is 1. The van der Waals surface area contributed by atoms with Crippen molar-refractivity contribution in [3.05, 3.63) is 98.1 Å². The zero-order valence-electron chi connectivity index (χ0n) is 18.4. The maximum atomic E-state index is 13.2. The van der Waals surface area contributed by atoms with Gasteiger partial charge in [0.05, 0.1) is 11.2 Å². The van der Waals surface area contributed by atoms with Gasteiger partial charge in [-0.2, -0.15) is 0 Å². The summed E-state index contributed by atoms with van der Waals surface area (Å²) in [6.45, 7) is 2.08. The van der Waals surface area contributed by atoms with Crippen molar-refractivity contribution in [2.24, 2.45) is 0 Å². The summed E-state index contributed by atoms with van der Waals surface area (Å²) in [6, 6.07) is 18.9. The molecular weight excluding hydrogens is 555 g/mol. The van der Waals surface area contributed by atoms with Crippen LogP contribution in [-0.4, -0.2) is 22.4 Å². The molecule has 0 saturated heterocycles. The van der Waals surface area contributed by atoms with E-state index in [0.29, 0.717) is 31.1 Å². The second-order valence-electron chi connectivity index (χ2n) is 7.76. The van der Waals surface area contributed by atoms with Crippen LogP contribution in [0.4, 0.5) is 5.69 Å². The number of nitrogens with one attached hydrogen (secondary N) is 3. The molecule has 0 aliphatic rings. The molecule has 178 valence electrons. The van der Waals surface area contributed by atoms with Crippen LogP contribution in [-0.2, 0) is 16.1 Å². The first kappa shape index (κ1) is 24.8. The lowest BCUT2D eigenvalue weighted by Gasteiger charge is -2.13. The van der Waals surface area contributed by atoms with Crippen molar-refractivity contribution in [3.63, 3.8) is 0 Å². The van der Waals surface area contributed by atoms with Crippen molar-refractivity contribution in [1.82, 2.24) is 9.99 Å². The standard InChI is InChI=1S/C25H19BrCl2N4O3/c1-14-2-8-20(19(26)10-14)30-23(33)22-12-16-11-18(28)7-9-21(16)32(22)31-25(35)24(34)29-13-15-3-5-17(27)6-4-15/h2-12H,13H2,1H3,(H,29,34)(H,30,33)(H,31,35). The van der Waals surface area contributed by atoms with E-state index in [2.05, 4.69) is 32.0 Å². The molecule has 0 bridgehead atoms. The number of hydrogen-bond donors (Lipinski definition) is 3. The van der Waals surface area contributed by atoms with E-state index in [-0.39, 0.29) is 12.2 Å². The predicted molar refractivity (Wildman–Crippen MR) is 141 cm³/mol. The summed E-state index contributed by atoms with van der Waals surface area (Å²) >= 11 is 15.4. The third-order valence-corrected chi connectivity index (χ3v) is 6.30. The third-order valence-electron chi connectivity index (χ3n) is 5.15. The van der Waals surface area contributed by atoms with E-state index in [9.17, 15) is 14.4 Å². The summed E-state index contributed by atoms with van der Waals surface area (Å²) in [7, 11) is 0. The smallest absolute Gasteiger partial charge is 0.328 e. The second-order valence-corrected chi connectivity index (χ2v) is 9.48. The maximum absolute atomic E-state index is 13.2. The van der Waals surface area contributed by atoms with Gasteiger partial charge in [0.1, 0.15) is 5.69 Å². The highest BCUT2D eigenvalue weighted by molar-refractivity contribution is 9.10. The van der Waals surface area contributed by atoms with E-state index in [1.807, 2.05) is 19.1 Å². The van der Waals surface area contributed by atoms with Crippen molar-refractivity contribution in [3.8, 4) is 0 Å². The summed E-state index contributed by atoms with van der Waals surface area (Å²) in [4.78, 5) is 38.3. The Morgan fingerprint density at radius 3 is 2.31 bits per heavy atom. The molecule has 3 amide bonds. The monoisotopic (exact) mass is 572 g/mol. The molecule has 10 heteroatoms. The van der Waals surface area contributed by atoms with Crippen LogP contribution in [0.2, 0.25) is 10.0 Å². The molecule has 0 atom stereocenters. The fourth-order valence-corrected chi connectivity index (χ4v) is 4.30. The third kappa shape index (κ3) is 5.85. The normalized spacial score (nSPS) is 10.7. The molecule has 0 aliphatic heterocycles. The molecule has 0 aliphatic carbocycles. The minimum Gasteiger partial charge on any atom is -0.344 e. The molecule has 1 heterocycles. The summed E-state index contributed by atoms with van der Waals surface area (Å²) in [5.74, 6) is -2.27. The van der Waals surface area contributed by atoms with Gasteiger partial charge in [-0.15, -0.1) is 0 Å². The van der Waals surface area contributed by atoms with E-state index in [1.165, 1.54) is 4.68 Å². The number of carbonyl (C=O) groups is 3. The molecular formula is C25H19BrCl2N4O3. The van der Waals surface area contributed by atoms with Gasteiger partial charge in [-0.25, -0.2) is 4.68 Å². The first-order chi connectivity index (χ1) is 16.7. The van der Waals surface area contributed by atoms with Crippen LogP contribution in [0.5, 0.6) is 0 Å². The molecule has 0 saturated carbocycles. The van der Waals surface area contributed by atoms with Gasteiger partial charge < -0.3 is 10.6 Å². The Kier molecular flexibility index (Phi) is 7.45. The Hall–Kier alpha value is -3.33. The molecule has 4 aromatic rings. The highest BCUT2D eigenvalue weighted by atomic mass is 79.9. The van der Waals surface area contributed by atoms with Gasteiger partial charge in [0, 0.05) is 26.4 Å². The van der Waals surface area contributed by atoms with Crippen molar-refractivity contribution in [2.45, 2.75) is 13.5 Å². The number of benzene rings is 3. The molecule has 35 heavy (non-hydrogen) atoms. The highest BCUT2D eigenvalue weighted by Gasteiger charge is 2.21. The topological polar surface area (TPSA) is 92.2 Å². The van der Waals surface area contributed by atoms with Gasteiger partial charge in [0.25, 0.3) is 5.91 Å². The maximum Gasteiger partial charge on any atom is 0.328 e. The van der Waals surface area contributed by atoms with E-state index in [4.69, 9.17) is 23.2 Å². The van der Waals surface area contributed by atoms with Gasteiger partial charge >= 0.3 is 11.8 Å². The number of carbonyl (C=O) groups excluding carboxylic acids is 3. The number of fused-ring (bicyclic) bond motifs is 1. The lowest BCUT2D eigenvalue weighted by molar-refractivity contribution is -0.136. The first-order valence-corrected chi connectivity index (χ1v) is 12.0. The summed E-state index contributed by atoms with van der Waals surface area (Å²) in [5.41, 5.74) is 5.50. The van der Waals surface area contributed by atoms with Gasteiger partial charge in [-0.3, -0.25) is 19.8 Å². The SMILES string of the molecule is Cc1ccc(NC(=O)c2cc3cc(Cl)ccc3n2NC(=O)C(=O)NCc2ccc(Cl)cc2)c(Br)c1. The molecule has 0 unspecified atom stereocenters. The lowest BCUT2D eigenvalue weighted by atomic mass is 10.2. The van der Waals surface area contributed by atoms with E-state index in [0.717, 1.165) is 11.1 Å². The largest absolute Gasteiger partial charge is 0.344 e. The zero-order valence-corrected chi connectivity index (χ0v) is 21.5. The summed E-state index contributed by atoms with van der Waals surface area (Å²) < 4.78 is 1.98. The Labute approximate surface area is 219 Å². The number of nitrogens with zero attached hydrogens (tertiary/aromatic N) is 1. The van der Waals surface area contributed by atoms with E-state index < -0.39 is 17.7 Å². The van der Waals surface area contributed by atoms with Crippen molar-refractivity contribution in [1.29, 1.82) is 0 Å². The molecule has 0 fully saturated rings. The van der Waals surface area contributed by atoms with Crippen LogP contribution in [0, 0.1) is 6.92 Å². The number of rotatable bonds is 5. The lowest BCUT2D eigenvalue weighted by Crippen LogP contribution is -2.39. The Bertz CT molecular complexity index is 1450. The van der Waals surface area contributed by atoms with Gasteiger partial charge in [0.2, 0.25) is 0 Å². The number of aryl methyl sites for hydroxylation is 1. The molecule has 1 aromatic heterocycles. The van der Waals surface area contributed by atoms with Gasteiger partial charge in [0.15, 0.2) is 0 Å². The Balaban J connectivity index is 1.57. The summed E-state index contributed by atoms with van der Waals surface area (Å²) in [6.07, 6.45) is 0. The molecule has 3 N–H and O–H groups in total. The van der Waals surface area contributed by atoms with Crippen LogP contribution in [0.15, 0.2) is 71.2 Å². The van der Waals surface area contributed by atoms with Crippen LogP contribution < -0.4 is 16.1 Å². The number of aromatic nitrogens is 1. The second kappa shape index (κ2) is 10.5. The first-order valence-electron chi connectivity index (χ1n) is 10.4. The van der Waals surface area contributed by atoms with Crippen molar-refractivity contribution >= 4 is 73.4 Å². The minimum atomic E-state index is -0.933. The van der Waals surface area contributed by atoms with Crippen molar-refractivity contribution in [2.75, 3.05) is 10.7 Å². The summed E-state index contributed by atoms with van der Waals surface area (Å²) in [5, 5.41) is 7.03. The number of halogens is 3. The van der Waals surface area contributed by atoms with Crippen LogP contribution in [0.3, 0.4) is 0 Å². The van der Waals surface area contributed by atoms with Crippen LogP contribution in [0.1, 0.15) is 21.6 Å². The van der Waals surface area contributed by atoms with Gasteiger partial charge in [-0.05, 0) is 82.5 Å². The number of hydrogen-bond acceptors (Lipinski definition) is 3. The Morgan fingerprint density at radius 2 is 1.60 bits per heavy atom. The quantitative estimate of drug-likeness (QED) is 0.269. The molecule has 0 radical (unpaired) electrons.